The quantitative estimate of drug-likeness (QED) is 0.741. The van der Waals surface area contributed by atoms with Crippen LogP contribution in [0.25, 0.3) is 0 Å². The molecule has 0 saturated carbocycles. The topological polar surface area (TPSA) is 31.4 Å². The van der Waals surface area contributed by atoms with E-state index in [0.717, 1.165) is 25.0 Å². The molecule has 1 aliphatic heterocycles. The van der Waals surface area contributed by atoms with Crippen LogP contribution in [0.15, 0.2) is 18.3 Å². The minimum atomic E-state index is 0.218. The number of alkyl halides is 1. The van der Waals surface area contributed by atoms with E-state index in [1.165, 1.54) is 0 Å². The average molecular weight is 228 g/mol. The SMILES string of the molecule is ClCc1cccnc1OCC1CCCO1. The Kier molecular flexibility index (Phi) is 3.80. The summed E-state index contributed by atoms with van der Waals surface area (Å²) in [6, 6.07) is 3.78. The number of pyridine rings is 1. The summed E-state index contributed by atoms with van der Waals surface area (Å²) in [7, 11) is 0. The molecular formula is C11H14ClNO2. The highest BCUT2D eigenvalue weighted by Gasteiger charge is 2.16. The summed E-state index contributed by atoms with van der Waals surface area (Å²) in [4.78, 5) is 4.15. The van der Waals surface area contributed by atoms with Crippen LogP contribution >= 0.6 is 11.6 Å². The molecule has 1 aliphatic rings. The van der Waals surface area contributed by atoms with Crippen molar-refractivity contribution in [2.45, 2.75) is 24.8 Å². The molecule has 1 aromatic rings. The molecule has 3 nitrogen and oxygen atoms in total. The predicted molar refractivity (Wildman–Crippen MR) is 58.3 cm³/mol. The van der Waals surface area contributed by atoms with Crippen molar-refractivity contribution in [2.24, 2.45) is 0 Å². The highest BCUT2D eigenvalue weighted by molar-refractivity contribution is 6.17. The molecular weight excluding hydrogens is 214 g/mol. The molecule has 2 rings (SSSR count). The van der Waals surface area contributed by atoms with E-state index in [9.17, 15) is 0 Å². The van der Waals surface area contributed by atoms with Gasteiger partial charge in [-0.2, -0.15) is 0 Å². The zero-order chi connectivity index (χ0) is 10.5. The Morgan fingerprint density at radius 3 is 3.27 bits per heavy atom. The Bertz CT molecular complexity index is 313. The molecule has 4 heteroatoms. The van der Waals surface area contributed by atoms with E-state index in [-0.39, 0.29) is 6.10 Å². The number of rotatable bonds is 4. The zero-order valence-corrected chi connectivity index (χ0v) is 9.24. The van der Waals surface area contributed by atoms with Gasteiger partial charge < -0.3 is 9.47 Å². The van der Waals surface area contributed by atoms with Gasteiger partial charge in [-0.3, -0.25) is 0 Å². The van der Waals surface area contributed by atoms with E-state index >= 15 is 0 Å². The molecule has 1 unspecified atom stereocenters. The molecule has 0 spiro atoms. The molecule has 1 fully saturated rings. The van der Waals surface area contributed by atoms with Gasteiger partial charge in [0, 0.05) is 18.4 Å². The summed E-state index contributed by atoms with van der Waals surface area (Å²) in [5.74, 6) is 1.05. The first-order valence-electron chi connectivity index (χ1n) is 5.14. The molecule has 1 aromatic heterocycles. The number of aromatic nitrogens is 1. The van der Waals surface area contributed by atoms with Crippen LogP contribution in [0.1, 0.15) is 18.4 Å². The Balaban J connectivity index is 1.91. The Morgan fingerprint density at radius 1 is 1.60 bits per heavy atom. The lowest BCUT2D eigenvalue weighted by Gasteiger charge is -2.12. The number of hydrogen-bond donors (Lipinski definition) is 0. The predicted octanol–water partition coefficient (Wildman–Crippen LogP) is 2.38. The van der Waals surface area contributed by atoms with Crippen molar-refractivity contribution in [3.8, 4) is 5.88 Å². The highest BCUT2D eigenvalue weighted by atomic mass is 35.5. The van der Waals surface area contributed by atoms with E-state index in [2.05, 4.69) is 4.98 Å². The third-order valence-corrected chi connectivity index (χ3v) is 2.71. The van der Waals surface area contributed by atoms with Crippen molar-refractivity contribution in [3.05, 3.63) is 23.9 Å². The maximum atomic E-state index is 5.78. The Labute approximate surface area is 94.4 Å². The molecule has 0 N–H and O–H groups in total. The van der Waals surface area contributed by atoms with Crippen molar-refractivity contribution in [1.29, 1.82) is 0 Å². The lowest BCUT2D eigenvalue weighted by molar-refractivity contribution is 0.0660. The number of ether oxygens (including phenoxy) is 2. The van der Waals surface area contributed by atoms with Gasteiger partial charge in [-0.1, -0.05) is 6.07 Å². The molecule has 0 aromatic carbocycles. The summed E-state index contributed by atoms with van der Waals surface area (Å²) in [5, 5.41) is 0. The van der Waals surface area contributed by atoms with Crippen molar-refractivity contribution in [3.63, 3.8) is 0 Å². The first-order valence-corrected chi connectivity index (χ1v) is 5.68. The number of halogens is 1. The Morgan fingerprint density at radius 2 is 2.53 bits per heavy atom. The fourth-order valence-electron chi connectivity index (χ4n) is 1.60. The molecule has 0 radical (unpaired) electrons. The minimum absolute atomic E-state index is 0.218. The van der Waals surface area contributed by atoms with E-state index in [1.807, 2.05) is 12.1 Å². The van der Waals surface area contributed by atoms with Crippen molar-refractivity contribution in [2.75, 3.05) is 13.2 Å². The fourth-order valence-corrected chi connectivity index (χ4v) is 1.81. The number of hydrogen-bond acceptors (Lipinski definition) is 3. The van der Waals surface area contributed by atoms with E-state index < -0.39 is 0 Å². The summed E-state index contributed by atoms with van der Waals surface area (Å²) in [6.07, 6.45) is 4.12. The van der Waals surface area contributed by atoms with E-state index in [0.29, 0.717) is 18.4 Å². The maximum absolute atomic E-state index is 5.78. The van der Waals surface area contributed by atoms with Gasteiger partial charge in [-0.15, -0.1) is 11.6 Å². The van der Waals surface area contributed by atoms with Gasteiger partial charge in [-0.05, 0) is 18.9 Å². The third-order valence-electron chi connectivity index (χ3n) is 2.42. The van der Waals surface area contributed by atoms with Crippen molar-refractivity contribution >= 4 is 11.6 Å². The molecule has 15 heavy (non-hydrogen) atoms. The summed E-state index contributed by atoms with van der Waals surface area (Å²) < 4.78 is 11.1. The molecule has 1 saturated heterocycles. The molecule has 0 bridgehead atoms. The third kappa shape index (κ3) is 2.83. The largest absolute Gasteiger partial charge is 0.475 e. The van der Waals surface area contributed by atoms with Gasteiger partial charge in [0.15, 0.2) is 0 Å². The summed E-state index contributed by atoms with van der Waals surface area (Å²) in [6.45, 7) is 1.42. The normalized spacial score (nSPS) is 20.5. The van der Waals surface area contributed by atoms with Gasteiger partial charge in [0.1, 0.15) is 6.61 Å². The minimum Gasteiger partial charge on any atom is -0.475 e. The van der Waals surface area contributed by atoms with Crippen LogP contribution in [0.4, 0.5) is 0 Å². The fraction of sp³-hybridized carbons (Fsp3) is 0.545. The molecule has 1 atom stereocenters. The maximum Gasteiger partial charge on any atom is 0.217 e. The highest BCUT2D eigenvalue weighted by Crippen LogP contribution is 2.18. The van der Waals surface area contributed by atoms with Crippen LogP contribution in [-0.4, -0.2) is 24.3 Å². The van der Waals surface area contributed by atoms with Crippen molar-refractivity contribution < 1.29 is 9.47 Å². The molecule has 0 aliphatic carbocycles. The van der Waals surface area contributed by atoms with E-state index in [1.54, 1.807) is 6.20 Å². The standard InChI is InChI=1S/C11H14ClNO2/c12-7-9-3-1-5-13-11(9)15-8-10-4-2-6-14-10/h1,3,5,10H,2,4,6-8H2. The van der Waals surface area contributed by atoms with Crippen LogP contribution < -0.4 is 4.74 Å². The molecule has 82 valence electrons. The first-order chi connectivity index (χ1) is 7.40. The zero-order valence-electron chi connectivity index (χ0n) is 8.49. The van der Waals surface area contributed by atoms with Gasteiger partial charge in [-0.25, -0.2) is 4.98 Å². The second kappa shape index (κ2) is 5.33. The lowest BCUT2D eigenvalue weighted by atomic mass is 10.2. The first kappa shape index (κ1) is 10.7. The van der Waals surface area contributed by atoms with Crippen LogP contribution in [0.2, 0.25) is 0 Å². The summed E-state index contributed by atoms with van der Waals surface area (Å²) in [5.41, 5.74) is 0.928. The average Bonchev–Trinajstić information content (AvgIpc) is 2.79. The lowest BCUT2D eigenvalue weighted by Crippen LogP contribution is -2.17. The second-order valence-electron chi connectivity index (χ2n) is 3.55. The van der Waals surface area contributed by atoms with Gasteiger partial charge in [0.25, 0.3) is 0 Å². The van der Waals surface area contributed by atoms with Gasteiger partial charge in [0.05, 0.1) is 12.0 Å². The van der Waals surface area contributed by atoms with E-state index in [4.69, 9.17) is 21.1 Å². The molecule has 2 heterocycles. The van der Waals surface area contributed by atoms with Crippen LogP contribution in [-0.2, 0) is 10.6 Å². The van der Waals surface area contributed by atoms with Crippen LogP contribution in [0.3, 0.4) is 0 Å². The summed E-state index contributed by atoms with van der Waals surface area (Å²) >= 11 is 5.78. The Hall–Kier alpha value is -0.800. The number of nitrogens with zero attached hydrogens (tertiary/aromatic N) is 1. The molecule has 0 amide bonds. The van der Waals surface area contributed by atoms with Gasteiger partial charge >= 0.3 is 0 Å². The van der Waals surface area contributed by atoms with Crippen molar-refractivity contribution in [1.82, 2.24) is 4.98 Å². The van der Waals surface area contributed by atoms with Crippen LogP contribution in [0, 0.1) is 0 Å². The monoisotopic (exact) mass is 227 g/mol. The van der Waals surface area contributed by atoms with Crippen LogP contribution in [0.5, 0.6) is 5.88 Å². The van der Waals surface area contributed by atoms with Gasteiger partial charge in [0.2, 0.25) is 5.88 Å². The second-order valence-corrected chi connectivity index (χ2v) is 3.81. The smallest absolute Gasteiger partial charge is 0.217 e.